The van der Waals surface area contributed by atoms with Gasteiger partial charge in [0.05, 0.1) is 0 Å². The van der Waals surface area contributed by atoms with Crippen LogP contribution in [0.1, 0.15) is 23.7 Å². The Morgan fingerprint density at radius 1 is 1.18 bits per heavy atom. The average molecular weight is 376 g/mol. The molecule has 1 aliphatic heterocycles. The molecule has 1 saturated heterocycles. The lowest BCUT2D eigenvalue weighted by Crippen LogP contribution is -2.24. The zero-order chi connectivity index (χ0) is 19.1. The second-order valence-corrected chi connectivity index (χ2v) is 7.00. The van der Waals surface area contributed by atoms with Gasteiger partial charge >= 0.3 is 0 Å². The van der Waals surface area contributed by atoms with E-state index in [1.54, 1.807) is 17.0 Å². The summed E-state index contributed by atoms with van der Waals surface area (Å²) in [5.41, 5.74) is 2.76. The second kappa shape index (κ2) is 6.60. The first kappa shape index (κ1) is 16.7. The smallest absolute Gasteiger partial charge is 0.258 e. The Labute approximate surface area is 160 Å². The van der Waals surface area contributed by atoms with Gasteiger partial charge in [0.1, 0.15) is 5.82 Å². The summed E-state index contributed by atoms with van der Waals surface area (Å²) >= 11 is 0. The number of halogens is 1. The average Bonchev–Trinajstić information content (AvgIpc) is 3.43. The van der Waals surface area contributed by atoms with E-state index in [1.807, 2.05) is 30.5 Å². The molecule has 0 bridgehead atoms. The highest BCUT2D eigenvalue weighted by molar-refractivity contribution is 5.92. The van der Waals surface area contributed by atoms with Crippen LogP contribution in [0.3, 0.4) is 0 Å². The molecule has 1 N–H and O–H groups in total. The molecule has 7 heteroatoms. The van der Waals surface area contributed by atoms with E-state index in [0.717, 1.165) is 22.0 Å². The van der Waals surface area contributed by atoms with Crippen molar-refractivity contribution in [1.82, 2.24) is 20.0 Å². The van der Waals surface area contributed by atoms with Crippen molar-refractivity contribution in [2.24, 2.45) is 0 Å². The molecule has 2 aromatic heterocycles. The molecule has 5 rings (SSSR count). The fourth-order valence-electron chi connectivity index (χ4n) is 3.69. The molecule has 0 saturated carbocycles. The van der Waals surface area contributed by atoms with Crippen LogP contribution in [0.25, 0.3) is 22.4 Å². The van der Waals surface area contributed by atoms with Crippen molar-refractivity contribution in [3.05, 3.63) is 71.9 Å². The topological polar surface area (TPSA) is 75.0 Å². The number of aromatic amines is 1. The molecule has 1 fully saturated rings. The number of amides is 1. The van der Waals surface area contributed by atoms with Gasteiger partial charge in [0.2, 0.25) is 5.91 Å². The fraction of sp³-hybridized carbons (Fsp3) is 0.190. The van der Waals surface area contributed by atoms with E-state index in [1.165, 1.54) is 12.1 Å². The second-order valence-electron chi connectivity index (χ2n) is 7.00. The van der Waals surface area contributed by atoms with Crippen LogP contribution in [0, 0.1) is 5.82 Å². The Balaban J connectivity index is 1.35. The molecule has 28 heavy (non-hydrogen) atoms. The van der Waals surface area contributed by atoms with Crippen molar-refractivity contribution >= 4 is 16.8 Å². The van der Waals surface area contributed by atoms with E-state index in [0.29, 0.717) is 31.2 Å². The van der Waals surface area contributed by atoms with Gasteiger partial charge in [-0.1, -0.05) is 23.4 Å². The lowest BCUT2D eigenvalue weighted by Gasteiger charge is -2.16. The van der Waals surface area contributed by atoms with E-state index >= 15 is 0 Å². The van der Waals surface area contributed by atoms with Gasteiger partial charge < -0.3 is 14.4 Å². The van der Waals surface area contributed by atoms with Crippen LogP contribution >= 0.6 is 0 Å². The first-order valence-electron chi connectivity index (χ1n) is 9.10. The van der Waals surface area contributed by atoms with Gasteiger partial charge in [0, 0.05) is 48.1 Å². The number of nitrogens with one attached hydrogen (secondary N) is 1. The molecular weight excluding hydrogens is 359 g/mol. The molecule has 4 aromatic rings. The van der Waals surface area contributed by atoms with Gasteiger partial charge in [-0.05, 0) is 35.9 Å². The molecule has 0 spiro atoms. The van der Waals surface area contributed by atoms with Gasteiger partial charge in [-0.2, -0.15) is 4.98 Å². The lowest BCUT2D eigenvalue weighted by atomic mass is 10.1. The number of H-pyrrole nitrogens is 1. The molecule has 2 aromatic carbocycles. The number of likely N-dealkylation sites (tertiary alicyclic amines) is 1. The number of hydrogen-bond acceptors (Lipinski definition) is 4. The maximum atomic E-state index is 13.1. The molecule has 1 unspecified atom stereocenters. The standard InChI is InChI=1S/C21H17FN4O2/c22-15-6-4-13(5-7-15)11-26-12-14(10-19(26)27)20-24-21(28-25-20)17-2-1-3-18-16(17)8-9-23-18/h1-9,14,23H,10-12H2. The van der Waals surface area contributed by atoms with Crippen molar-refractivity contribution in [3.8, 4) is 11.5 Å². The van der Waals surface area contributed by atoms with Crippen LogP contribution in [-0.4, -0.2) is 32.5 Å². The maximum absolute atomic E-state index is 13.1. The summed E-state index contributed by atoms with van der Waals surface area (Å²) in [4.78, 5) is 21.9. The number of hydrogen-bond donors (Lipinski definition) is 1. The van der Waals surface area contributed by atoms with Crippen LogP contribution in [-0.2, 0) is 11.3 Å². The summed E-state index contributed by atoms with van der Waals surface area (Å²) in [5, 5.41) is 5.14. The van der Waals surface area contributed by atoms with Gasteiger partial charge in [0.25, 0.3) is 5.89 Å². The Hall–Kier alpha value is -3.48. The summed E-state index contributed by atoms with van der Waals surface area (Å²) in [7, 11) is 0. The van der Waals surface area contributed by atoms with Crippen molar-refractivity contribution in [2.75, 3.05) is 6.54 Å². The summed E-state index contributed by atoms with van der Waals surface area (Å²) < 4.78 is 18.6. The first-order valence-corrected chi connectivity index (χ1v) is 9.10. The van der Waals surface area contributed by atoms with E-state index < -0.39 is 0 Å². The highest BCUT2D eigenvalue weighted by Crippen LogP contribution is 2.31. The first-order chi connectivity index (χ1) is 13.7. The van der Waals surface area contributed by atoms with Crippen LogP contribution < -0.4 is 0 Å². The summed E-state index contributed by atoms with van der Waals surface area (Å²) in [6.45, 7) is 0.965. The molecule has 140 valence electrons. The molecule has 1 atom stereocenters. The molecule has 3 heterocycles. The van der Waals surface area contributed by atoms with Crippen molar-refractivity contribution in [2.45, 2.75) is 18.9 Å². The number of carbonyl (C=O) groups is 1. The highest BCUT2D eigenvalue weighted by atomic mass is 19.1. The van der Waals surface area contributed by atoms with Gasteiger partial charge in [-0.3, -0.25) is 4.79 Å². The molecular formula is C21H17FN4O2. The third-order valence-electron chi connectivity index (χ3n) is 5.13. The minimum atomic E-state index is -0.286. The summed E-state index contributed by atoms with van der Waals surface area (Å²) in [6, 6.07) is 14.0. The molecule has 0 aliphatic carbocycles. The monoisotopic (exact) mass is 376 g/mol. The van der Waals surface area contributed by atoms with Crippen molar-refractivity contribution in [1.29, 1.82) is 0 Å². The Morgan fingerprint density at radius 3 is 2.89 bits per heavy atom. The van der Waals surface area contributed by atoms with Crippen LogP contribution in [0.15, 0.2) is 59.3 Å². The van der Waals surface area contributed by atoms with E-state index in [4.69, 9.17) is 4.52 Å². The Kier molecular flexibility index (Phi) is 3.93. The van der Waals surface area contributed by atoms with Gasteiger partial charge in [-0.15, -0.1) is 0 Å². The van der Waals surface area contributed by atoms with Crippen LogP contribution in [0.2, 0.25) is 0 Å². The van der Waals surface area contributed by atoms with E-state index in [9.17, 15) is 9.18 Å². The zero-order valence-corrected chi connectivity index (χ0v) is 14.9. The zero-order valence-electron chi connectivity index (χ0n) is 14.9. The number of rotatable bonds is 4. The third kappa shape index (κ3) is 2.94. The number of aromatic nitrogens is 3. The fourth-order valence-corrected chi connectivity index (χ4v) is 3.69. The number of nitrogens with zero attached hydrogens (tertiary/aromatic N) is 3. The largest absolute Gasteiger partial charge is 0.361 e. The SMILES string of the molecule is O=C1CC(c2noc(-c3cccc4[nH]ccc34)n2)CN1Cc1ccc(F)cc1. The van der Waals surface area contributed by atoms with Gasteiger partial charge in [-0.25, -0.2) is 4.39 Å². The third-order valence-corrected chi connectivity index (χ3v) is 5.13. The normalized spacial score (nSPS) is 17.0. The van der Waals surface area contributed by atoms with Crippen LogP contribution in [0.5, 0.6) is 0 Å². The van der Waals surface area contributed by atoms with Crippen molar-refractivity contribution in [3.63, 3.8) is 0 Å². The highest BCUT2D eigenvalue weighted by Gasteiger charge is 2.33. The van der Waals surface area contributed by atoms with E-state index in [2.05, 4.69) is 15.1 Å². The predicted molar refractivity (Wildman–Crippen MR) is 101 cm³/mol. The Bertz CT molecular complexity index is 1150. The minimum Gasteiger partial charge on any atom is -0.361 e. The molecule has 6 nitrogen and oxygen atoms in total. The molecule has 1 aliphatic rings. The maximum Gasteiger partial charge on any atom is 0.258 e. The minimum absolute atomic E-state index is 0.0356. The lowest BCUT2D eigenvalue weighted by molar-refractivity contribution is -0.128. The quantitative estimate of drug-likeness (QED) is 0.587. The number of benzene rings is 2. The molecule has 1 amide bonds. The number of carbonyl (C=O) groups excluding carboxylic acids is 1. The summed E-state index contributed by atoms with van der Waals surface area (Å²) in [6.07, 6.45) is 2.21. The van der Waals surface area contributed by atoms with E-state index in [-0.39, 0.29) is 17.6 Å². The predicted octanol–water partition coefficient (Wildman–Crippen LogP) is 3.87. The van der Waals surface area contributed by atoms with Crippen LogP contribution in [0.4, 0.5) is 4.39 Å². The van der Waals surface area contributed by atoms with Gasteiger partial charge in [0.15, 0.2) is 5.82 Å². The number of fused-ring (bicyclic) bond motifs is 1. The van der Waals surface area contributed by atoms with Crippen molar-refractivity contribution < 1.29 is 13.7 Å². The Morgan fingerprint density at radius 2 is 2.04 bits per heavy atom. The molecule has 0 radical (unpaired) electrons. The summed E-state index contributed by atoms with van der Waals surface area (Å²) in [5.74, 6) is 0.623.